The number of benzene rings is 3. The Labute approximate surface area is 172 Å². The Morgan fingerprint density at radius 2 is 1.90 bits per heavy atom. The quantitative estimate of drug-likeness (QED) is 0.675. The van der Waals surface area contributed by atoms with Crippen molar-refractivity contribution in [3.8, 4) is 11.5 Å². The lowest BCUT2D eigenvalue weighted by Crippen LogP contribution is -2.41. The summed E-state index contributed by atoms with van der Waals surface area (Å²) in [5.74, 6) is 0.119. The van der Waals surface area contributed by atoms with Crippen LogP contribution in [0.5, 0.6) is 11.5 Å². The molecular weight excluding hydrogens is 387 g/mol. The summed E-state index contributed by atoms with van der Waals surface area (Å²) in [6.07, 6.45) is 0. The number of nitrogens with one attached hydrogen (secondary N) is 1. The zero-order valence-corrected chi connectivity index (χ0v) is 16.0. The lowest BCUT2D eigenvalue weighted by Gasteiger charge is -2.29. The fourth-order valence-corrected chi connectivity index (χ4v) is 3.13. The second-order valence-electron chi connectivity index (χ2n) is 6.64. The highest BCUT2D eigenvalue weighted by atomic mass is 19.1. The molecule has 152 valence electrons. The maximum Gasteiger partial charge on any atom is 0.265 e. The number of anilines is 2. The zero-order chi connectivity index (χ0) is 20.9. The van der Waals surface area contributed by atoms with E-state index in [1.54, 1.807) is 23.1 Å². The Kier molecular flexibility index (Phi) is 5.61. The van der Waals surface area contributed by atoms with Crippen molar-refractivity contribution in [1.82, 2.24) is 0 Å². The highest BCUT2D eigenvalue weighted by molar-refractivity contribution is 6.05. The molecule has 30 heavy (non-hydrogen) atoms. The predicted molar refractivity (Wildman–Crippen MR) is 111 cm³/mol. The maximum atomic E-state index is 13.4. The van der Waals surface area contributed by atoms with Gasteiger partial charge in [0.1, 0.15) is 23.9 Å². The fraction of sp³-hybridized carbons (Fsp3) is 0.130. The summed E-state index contributed by atoms with van der Waals surface area (Å²) in [6.45, 7) is 0.563. The van der Waals surface area contributed by atoms with Crippen LogP contribution in [-0.4, -0.2) is 31.6 Å². The van der Waals surface area contributed by atoms with Crippen LogP contribution in [0.15, 0.2) is 72.8 Å². The van der Waals surface area contributed by atoms with Crippen molar-refractivity contribution in [1.29, 1.82) is 0 Å². The van der Waals surface area contributed by atoms with E-state index in [1.165, 1.54) is 18.2 Å². The van der Waals surface area contributed by atoms with Crippen LogP contribution >= 0.6 is 0 Å². The molecule has 4 rings (SSSR count). The van der Waals surface area contributed by atoms with Gasteiger partial charge in [-0.05, 0) is 48.5 Å². The SMILES string of the molecule is O=C(Nc1ccc2c(c1)N(CCOc1ccccc1)C(=O)CO2)c1cccc(F)c1. The predicted octanol–water partition coefficient (Wildman–Crippen LogP) is 3.88. The number of carbonyl (C=O) groups is 2. The van der Waals surface area contributed by atoms with E-state index in [2.05, 4.69) is 5.32 Å². The Hall–Kier alpha value is -3.87. The van der Waals surface area contributed by atoms with Crippen molar-refractivity contribution in [2.45, 2.75) is 0 Å². The molecule has 7 heteroatoms. The first-order valence-corrected chi connectivity index (χ1v) is 9.42. The van der Waals surface area contributed by atoms with Crippen molar-refractivity contribution in [2.75, 3.05) is 30.0 Å². The van der Waals surface area contributed by atoms with E-state index in [-0.39, 0.29) is 18.1 Å². The molecule has 1 aliphatic rings. The van der Waals surface area contributed by atoms with Gasteiger partial charge in [-0.3, -0.25) is 9.59 Å². The molecule has 0 saturated carbocycles. The number of rotatable bonds is 6. The molecule has 1 aliphatic heterocycles. The van der Waals surface area contributed by atoms with E-state index in [0.29, 0.717) is 30.3 Å². The molecule has 0 atom stereocenters. The van der Waals surface area contributed by atoms with Gasteiger partial charge in [0.15, 0.2) is 6.61 Å². The Bertz CT molecular complexity index is 1070. The van der Waals surface area contributed by atoms with Crippen LogP contribution < -0.4 is 19.7 Å². The summed E-state index contributed by atoms with van der Waals surface area (Å²) in [7, 11) is 0. The first kappa shape index (κ1) is 19.4. The summed E-state index contributed by atoms with van der Waals surface area (Å²) >= 11 is 0. The van der Waals surface area contributed by atoms with Crippen molar-refractivity contribution in [3.05, 3.63) is 84.2 Å². The Balaban J connectivity index is 1.49. The number of fused-ring (bicyclic) bond motifs is 1. The van der Waals surface area contributed by atoms with Gasteiger partial charge in [-0.2, -0.15) is 0 Å². The molecule has 0 spiro atoms. The second-order valence-corrected chi connectivity index (χ2v) is 6.64. The topological polar surface area (TPSA) is 67.9 Å². The minimum atomic E-state index is -0.489. The number of amides is 2. The van der Waals surface area contributed by atoms with E-state index >= 15 is 0 Å². The Morgan fingerprint density at radius 3 is 2.70 bits per heavy atom. The zero-order valence-electron chi connectivity index (χ0n) is 16.0. The lowest BCUT2D eigenvalue weighted by molar-refractivity contribution is -0.121. The number of hydrogen-bond donors (Lipinski definition) is 1. The minimum Gasteiger partial charge on any atom is -0.492 e. The van der Waals surface area contributed by atoms with Crippen LogP contribution in [0.1, 0.15) is 10.4 Å². The summed E-state index contributed by atoms with van der Waals surface area (Å²) in [4.78, 5) is 26.4. The molecule has 0 aliphatic carbocycles. The summed E-state index contributed by atoms with van der Waals surface area (Å²) < 4.78 is 24.6. The van der Waals surface area contributed by atoms with Crippen LogP contribution in [0.2, 0.25) is 0 Å². The number of hydrogen-bond acceptors (Lipinski definition) is 4. The molecule has 0 bridgehead atoms. The molecule has 0 fully saturated rings. The third-order valence-corrected chi connectivity index (χ3v) is 4.57. The third kappa shape index (κ3) is 4.41. The van der Waals surface area contributed by atoms with Crippen molar-refractivity contribution < 1.29 is 23.5 Å². The van der Waals surface area contributed by atoms with E-state index in [4.69, 9.17) is 9.47 Å². The summed E-state index contributed by atoms with van der Waals surface area (Å²) in [6, 6.07) is 19.8. The second kappa shape index (κ2) is 8.65. The van der Waals surface area contributed by atoms with Crippen molar-refractivity contribution >= 4 is 23.2 Å². The highest BCUT2D eigenvalue weighted by Gasteiger charge is 2.26. The smallest absolute Gasteiger partial charge is 0.265 e. The van der Waals surface area contributed by atoms with Crippen LogP contribution in [0.3, 0.4) is 0 Å². The van der Waals surface area contributed by atoms with Gasteiger partial charge in [0.2, 0.25) is 0 Å². The van der Waals surface area contributed by atoms with E-state index in [1.807, 2.05) is 30.3 Å². The third-order valence-electron chi connectivity index (χ3n) is 4.57. The van der Waals surface area contributed by atoms with Gasteiger partial charge < -0.3 is 19.7 Å². The summed E-state index contributed by atoms with van der Waals surface area (Å²) in [5, 5.41) is 2.72. The molecule has 6 nitrogen and oxygen atoms in total. The number of ether oxygens (including phenoxy) is 2. The van der Waals surface area contributed by atoms with Crippen molar-refractivity contribution in [3.63, 3.8) is 0 Å². The molecule has 3 aromatic carbocycles. The van der Waals surface area contributed by atoms with Gasteiger partial charge >= 0.3 is 0 Å². The van der Waals surface area contributed by atoms with Gasteiger partial charge in [-0.15, -0.1) is 0 Å². The largest absolute Gasteiger partial charge is 0.492 e. The van der Waals surface area contributed by atoms with Gasteiger partial charge in [0, 0.05) is 11.3 Å². The molecule has 2 amide bonds. The molecule has 0 aromatic heterocycles. The fourth-order valence-electron chi connectivity index (χ4n) is 3.13. The molecular formula is C23H19FN2O4. The normalized spacial score (nSPS) is 12.7. The molecule has 1 N–H and O–H groups in total. The molecule has 0 saturated heterocycles. The van der Waals surface area contributed by atoms with Crippen LogP contribution in [0.4, 0.5) is 15.8 Å². The van der Waals surface area contributed by atoms with Gasteiger partial charge in [0.25, 0.3) is 11.8 Å². The molecule has 3 aromatic rings. The van der Waals surface area contributed by atoms with Crippen molar-refractivity contribution in [2.24, 2.45) is 0 Å². The van der Waals surface area contributed by atoms with Crippen LogP contribution in [0, 0.1) is 5.82 Å². The Morgan fingerprint density at radius 1 is 1.07 bits per heavy atom. The number of carbonyl (C=O) groups excluding carboxylic acids is 2. The van der Waals surface area contributed by atoms with Gasteiger partial charge in [-0.1, -0.05) is 24.3 Å². The van der Waals surface area contributed by atoms with E-state index < -0.39 is 11.7 Å². The monoisotopic (exact) mass is 406 g/mol. The van der Waals surface area contributed by atoms with E-state index in [9.17, 15) is 14.0 Å². The average Bonchev–Trinajstić information content (AvgIpc) is 2.76. The first-order chi connectivity index (χ1) is 14.6. The highest BCUT2D eigenvalue weighted by Crippen LogP contribution is 2.34. The molecule has 0 unspecified atom stereocenters. The number of para-hydroxylation sites is 1. The minimum absolute atomic E-state index is 0.0622. The maximum absolute atomic E-state index is 13.4. The molecule has 1 heterocycles. The summed E-state index contributed by atoms with van der Waals surface area (Å²) in [5.41, 5.74) is 1.21. The van der Waals surface area contributed by atoms with Crippen LogP contribution in [0.25, 0.3) is 0 Å². The number of nitrogens with zero attached hydrogens (tertiary/aromatic N) is 1. The first-order valence-electron chi connectivity index (χ1n) is 9.42. The van der Waals surface area contributed by atoms with Crippen LogP contribution in [-0.2, 0) is 4.79 Å². The standard InChI is InChI=1S/C23H19FN2O4/c24-17-6-4-5-16(13-17)23(28)25-18-9-10-21-20(14-18)26(22(27)15-30-21)11-12-29-19-7-2-1-3-8-19/h1-10,13-14H,11-12,15H2,(H,25,28). The average molecular weight is 406 g/mol. The molecule has 0 radical (unpaired) electrons. The lowest BCUT2D eigenvalue weighted by atomic mass is 10.1. The van der Waals surface area contributed by atoms with Gasteiger partial charge in [0.05, 0.1) is 12.2 Å². The van der Waals surface area contributed by atoms with E-state index in [0.717, 1.165) is 11.8 Å². The van der Waals surface area contributed by atoms with Gasteiger partial charge in [-0.25, -0.2) is 4.39 Å². The number of halogens is 1.